The predicted molar refractivity (Wildman–Crippen MR) is 65.3 cm³/mol. The number of nitrogens with one attached hydrogen (secondary N) is 1. The normalized spacial score (nSPS) is 13.9. The van der Waals surface area contributed by atoms with Crippen molar-refractivity contribution in [3.8, 4) is 6.07 Å². The summed E-state index contributed by atoms with van der Waals surface area (Å²) in [5.74, 6) is 0. The second-order valence-corrected chi connectivity index (χ2v) is 4.36. The molecule has 3 heteroatoms. The largest absolute Gasteiger partial charge is 0.388 e. The summed E-state index contributed by atoms with van der Waals surface area (Å²) < 4.78 is 0. The van der Waals surface area contributed by atoms with Gasteiger partial charge in [-0.3, -0.25) is 0 Å². The molecule has 16 heavy (non-hydrogen) atoms. The lowest BCUT2D eigenvalue weighted by Gasteiger charge is -2.22. The van der Waals surface area contributed by atoms with Crippen molar-refractivity contribution < 1.29 is 5.11 Å². The van der Waals surface area contributed by atoms with E-state index in [9.17, 15) is 5.11 Å². The van der Waals surface area contributed by atoms with Crippen LogP contribution in [0.1, 0.15) is 31.4 Å². The first kappa shape index (κ1) is 12.5. The van der Waals surface area contributed by atoms with Crippen LogP contribution >= 0.6 is 0 Å². The van der Waals surface area contributed by atoms with Gasteiger partial charge in [-0.05, 0) is 38.0 Å². The van der Waals surface area contributed by atoms with Gasteiger partial charge in [0.25, 0.3) is 0 Å². The van der Waals surface area contributed by atoms with E-state index in [1.165, 1.54) is 0 Å². The SMILES string of the molecule is CCC(C)(O)CNc1ccc(C)cc1C#N. The lowest BCUT2D eigenvalue weighted by molar-refractivity contribution is 0.0697. The topological polar surface area (TPSA) is 56.0 Å². The van der Waals surface area contributed by atoms with Gasteiger partial charge in [-0.25, -0.2) is 0 Å². The minimum atomic E-state index is -0.738. The molecule has 0 aliphatic carbocycles. The van der Waals surface area contributed by atoms with Crippen LogP contribution in [0.4, 0.5) is 5.69 Å². The second-order valence-electron chi connectivity index (χ2n) is 4.36. The number of rotatable bonds is 4. The first-order chi connectivity index (χ1) is 7.48. The van der Waals surface area contributed by atoms with E-state index in [2.05, 4.69) is 11.4 Å². The van der Waals surface area contributed by atoms with Gasteiger partial charge in [-0.15, -0.1) is 0 Å². The van der Waals surface area contributed by atoms with Crippen LogP contribution in [0, 0.1) is 18.3 Å². The molecule has 0 saturated carbocycles. The summed E-state index contributed by atoms with van der Waals surface area (Å²) in [7, 11) is 0. The van der Waals surface area contributed by atoms with E-state index < -0.39 is 5.60 Å². The molecule has 0 fully saturated rings. The Bertz CT molecular complexity index is 405. The Labute approximate surface area is 96.7 Å². The number of nitriles is 1. The van der Waals surface area contributed by atoms with Gasteiger partial charge in [-0.1, -0.05) is 13.0 Å². The van der Waals surface area contributed by atoms with Crippen LogP contribution in [0.15, 0.2) is 18.2 Å². The zero-order chi connectivity index (χ0) is 12.2. The van der Waals surface area contributed by atoms with E-state index in [0.29, 0.717) is 18.5 Å². The first-order valence-corrected chi connectivity index (χ1v) is 5.45. The maximum Gasteiger partial charge on any atom is 0.101 e. The molecule has 86 valence electrons. The van der Waals surface area contributed by atoms with Crippen LogP contribution in [0.25, 0.3) is 0 Å². The molecule has 0 spiro atoms. The van der Waals surface area contributed by atoms with Gasteiger partial charge < -0.3 is 10.4 Å². The Morgan fingerprint density at radius 2 is 2.19 bits per heavy atom. The molecule has 0 amide bonds. The molecule has 0 bridgehead atoms. The molecule has 0 aliphatic heterocycles. The third-order valence-electron chi connectivity index (χ3n) is 2.72. The molecule has 1 atom stereocenters. The highest BCUT2D eigenvalue weighted by Crippen LogP contribution is 2.18. The molecule has 3 nitrogen and oxygen atoms in total. The molecule has 1 aromatic carbocycles. The van der Waals surface area contributed by atoms with E-state index in [-0.39, 0.29) is 0 Å². The van der Waals surface area contributed by atoms with Crippen LogP contribution in [0.3, 0.4) is 0 Å². The third kappa shape index (κ3) is 3.25. The maximum atomic E-state index is 9.86. The van der Waals surface area contributed by atoms with Gasteiger partial charge in [0.05, 0.1) is 16.9 Å². The molecule has 0 heterocycles. The van der Waals surface area contributed by atoms with E-state index in [1.54, 1.807) is 6.92 Å². The van der Waals surface area contributed by atoms with E-state index in [0.717, 1.165) is 11.3 Å². The number of anilines is 1. The Hall–Kier alpha value is -1.53. The Morgan fingerprint density at radius 3 is 2.75 bits per heavy atom. The van der Waals surface area contributed by atoms with Crippen LogP contribution in [0.2, 0.25) is 0 Å². The lowest BCUT2D eigenvalue weighted by Crippen LogP contribution is -2.32. The number of aryl methyl sites for hydroxylation is 1. The van der Waals surface area contributed by atoms with Crippen LogP contribution in [0.5, 0.6) is 0 Å². The zero-order valence-corrected chi connectivity index (χ0v) is 10.0. The van der Waals surface area contributed by atoms with Crippen molar-refractivity contribution in [2.24, 2.45) is 0 Å². The molecular weight excluding hydrogens is 200 g/mol. The molecule has 0 saturated heterocycles. The van der Waals surface area contributed by atoms with Crippen LogP contribution < -0.4 is 5.32 Å². The van der Waals surface area contributed by atoms with Gasteiger partial charge >= 0.3 is 0 Å². The quantitative estimate of drug-likeness (QED) is 0.816. The van der Waals surface area contributed by atoms with Crippen LogP contribution in [-0.4, -0.2) is 17.3 Å². The third-order valence-corrected chi connectivity index (χ3v) is 2.72. The van der Waals surface area contributed by atoms with Gasteiger partial charge in [0.1, 0.15) is 6.07 Å². The summed E-state index contributed by atoms with van der Waals surface area (Å²) in [6.07, 6.45) is 0.674. The van der Waals surface area contributed by atoms with Crippen molar-refractivity contribution in [1.29, 1.82) is 5.26 Å². The van der Waals surface area contributed by atoms with E-state index in [1.807, 2.05) is 32.0 Å². The monoisotopic (exact) mass is 218 g/mol. The number of benzene rings is 1. The molecule has 1 unspecified atom stereocenters. The van der Waals surface area contributed by atoms with Crippen molar-refractivity contribution in [3.05, 3.63) is 29.3 Å². The van der Waals surface area contributed by atoms with Crippen molar-refractivity contribution >= 4 is 5.69 Å². The van der Waals surface area contributed by atoms with Gasteiger partial charge in [0, 0.05) is 6.54 Å². The minimum Gasteiger partial charge on any atom is -0.388 e. The highest BCUT2D eigenvalue weighted by Gasteiger charge is 2.17. The zero-order valence-electron chi connectivity index (χ0n) is 10.0. The number of aliphatic hydroxyl groups is 1. The van der Waals surface area contributed by atoms with Crippen molar-refractivity contribution in [2.45, 2.75) is 32.8 Å². The molecule has 2 N–H and O–H groups in total. The molecule has 0 radical (unpaired) electrons. The molecule has 0 aliphatic rings. The fourth-order valence-electron chi connectivity index (χ4n) is 1.32. The van der Waals surface area contributed by atoms with Gasteiger partial charge in [0.2, 0.25) is 0 Å². The predicted octanol–water partition coefficient (Wildman–Crippen LogP) is 2.44. The fourth-order valence-corrected chi connectivity index (χ4v) is 1.32. The highest BCUT2D eigenvalue weighted by atomic mass is 16.3. The molecule has 1 rings (SSSR count). The van der Waals surface area contributed by atoms with Crippen LogP contribution in [-0.2, 0) is 0 Å². The van der Waals surface area contributed by atoms with Crippen molar-refractivity contribution in [1.82, 2.24) is 0 Å². The summed E-state index contributed by atoms with van der Waals surface area (Å²) in [5.41, 5.74) is 1.72. The number of hydrogen-bond donors (Lipinski definition) is 2. The van der Waals surface area contributed by atoms with E-state index in [4.69, 9.17) is 5.26 Å². The summed E-state index contributed by atoms with van der Waals surface area (Å²) in [4.78, 5) is 0. The summed E-state index contributed by atoms with van der Waals surface area (Å²) in [5, 5.41) is 21.9. The number of nitrogens with zero attached hydrogens (tertiary/aromatic N) is 1. The minimum absolute atomic E-state index is 0.446. The molecule has 0 aromatic heterocycles. The van der Waals surface area contributed by atoms with E-state index >= 15 is 0 Å². The van der Waals surface area contributed by atoms with Crippen molar-refractivity contribution in [3.63, 3.8) is 0 Å². The summed E-state index contributed by atoms with van der Waals surface area (Å²) in [6.45, 7) is 6.11. The fraction of sp³-hybridized carbons (Fsp3) is 0.462. The average Bonchev–Trinajstić information content (AvgIpc) is 2.27. The Morgan fingerprint density at radius 1 is 1.50 bits per heavy atom. The average molecular weight is 218 g/mol. The standard InChI is InChI=1S/C13H18N2O/c1-4-13(3,16)9-15-12-6-5-10(2)7-11(12)8-14/h5-7,15-16H,4,9H2,1-3H3. The summed E-state index contributed by atoms with van der Waals surface area (Å²) >= 11 is 0. The number of hydrogen-bond acceptors (Lipinski definition) is 3. The smallest absolute Gasteiger partial charge is 0.101 e. The van der Waals surface area contributed by atoms with Gasteiger partial charge in [-0.2, -0.15) is 5.26 Å². The lowest BCUT2D eigenvalue weighted by atomic mass is 10.0. The highest BCUT2D eigenvalue weighted by molar-refractivity contribution is 5.58. The Balaban J connectivity index is 2.79. The van der Waals surface area contributed by atoms with Crippen molar-refractivity contribution in [2.75, 3.05) is 11.9 Å². The second kappa shape index (κ2) is 5.00. The molecular formula is C13H18N2O. The first-order valence-electron chi connectivity index (χ1n) is 5.45. The molecule has 1 aromatic rings. The Kier molecular flexibility index (Phi) is 3.92. The van der Waals surface area contributed by atoms with Gasteiger partial charge in [0.15, 0.2) is 0 Å². The maximum absolute atomic E-state index is 9.86. The summed E-state index contributed by atoms with van der Waals surface area (Å²) in [6, 6.07) is 7.81.